The third-order valence-corrected chi connectivity index (χ3v) is 7.05. The first-order chi connectivity index (χ1) is 14.4. The Bertz CT molecular complexity index is 1180. The van der Waals surface area contributed by atoms with Crippen LogP contribution in [0.4, 0.5) is 11.6 Å². The van der Waals surface area contributed by atoms with E-state index in [0.29, 0.717) is 4.47 Å². The zero-order chi connectivity index (χ0) is 21.3. The van der Waals surface area contributed by atoms with Gasteiger partial charge >= 0.3 is 0 Å². The summed E-state index contributed by atoms with van der Waals surface area (Å²) in [6.45, 7) is 3.54. The summed E-state index contributed by atoms with van der Waals surface area (Å²) in [7, 11) is -0.355. The van der Waals surface area contributed by atoms with Gasteiger partial charge in [0.25, 0.3) is 10.0 Å². The number of nitrogens with one attached hydrogen (secondary N) is 1. The van der Waals surface area contributed by atoms with Crippen molar-refractivity contribution in [3.63, 3.8) is 0 Å². The summed E-state index contributed by atoms with van der Waals surface area (Å²) >= 11 is 3.33. The molecule has 0 saturated carbocycles. The number of aromatic nitrogens is 1. The normalized spacial score (nSPS) is 15.4. The molecule has 4 rings (SSSR count). The van der Waals surface area contributed by atoms with E-state index in [1.54, 1.807) is 18.2 Å². The molecule has 1 N–H and O–H groups in total. The number of ether oxygens (including phenoxy) is 1. The van der Waals surface area contributed by atoms with Crippen molar-refractivity contribution < 1.29 is 13.2 Å². The van der Waals surface area contributed by atoms with Gasteiger partial charge in [-0.3, -0.25) is 4.72 Å². The number of anilines is 2. The van der Waals surface area contributed by atoms with E-state index in [1.165, 1.54) is 13.2 Å². The van der Waals surface area contributed by atoms with Crippen molar-refractivity contribution in [2.75, 3.05) is 50.0 Å². The number of piperazine rings is 1. The van der Waals surface area contributed by atoms with Crippen LogP contribution in [0.15, 0.2) is 57.9 Å². The number of nitrogens with zero attached hydrogens (tertiary/aromatic N) is 3. The molecular weight excluding hydrogens is 468 g/mol. The summed E-state index contributed by atoms with van der Waals surface area (Å²) in [6.07, 6.45) is 0. The van der Waals surface area contributed by atoms with Crippen LogP contribution in [0, 0.1) is 0 Å². The van der Waals surface area contributed by atoms with Crippen molar-refractivity contribution in [3.8, 4) is 5.75 Å². The minimum absolute atomic E-state index is 0.0514. The fourth-order valence-corrected chi connectivity index (χ4v) is 5.25. The van der Waals surface area contributed by atoms with Gasteiger partial charge in [0, 0.05) is 36.0 Å². The van der Waals surface area contributed by atoms with Gasteiger partial charge in [-0.15, -0.1) is 0 Å². The van der Waals surface area contributed by atoms with Crippen LogP contribution in [0.2, 0.25) is 0 Å². The number of hydrogen-bond donors (Lipinski definition) is 1. The zero-order valence-electron chi connectivity index (χ0n) is 16.8. The van der Waals surface area contributed by atoms with Crippen LogP contribution in [0.1, 0.15) is 0 Å². The minimum Gasteiger partial charge on any atom is -0.495 e. The maximum absolute atomic E-state index is 13.1. The second kappa shape index (κ2) is 8.41. The topological polar surface area (TPSA) is 74.8 Å². The average Bonchev–Trinajstić information content (AvgIpc) is 2.73. The Labute approximate surface area is 184 Å². The molecule has 0 unspecified atom stereocenters. The third-order valence-electron chi connectivity index (χ3n) is 5.18. The maximum atomic E-state index is 13.1. The Hall–Kier alpha value is -2.36. The van der Waals surface area contributed by atoms with E-state index >= 15 is 0 Å². The van der Waals surface area contributed by atoms with Gasteiger partial charge in [-0.1, -0.05) is 40.2 Å². The first kappa shape index (κ1) is 20.9. The molecule has 1 aromatic heterocycles. The Balaban J connectivity index is 1.75. The molecule has 1 fully saturated rings. The molecule has 158 valence electrons. The van der Waals surface area contributed by atoms with Crippen LogP contribution in [0.25, 0.3) is 10.8 Å². The predicted octanol–water partition coefficient (Wildman–Crippen LogP) is 3.56. The van der Waals surface area contributed by atoms with E-state index in [4.69, 9.17) is 9.72 Å². The highest BCUT2D eigenvalue weighted by Gasteiger charge is 2.23. The van der Waals surface area contributed by atoms with Crippen molar-refractivity contribution >= 4 is 48.4 Å². The smallest absolute Gasteiger partial charge is 0.266 e. The number of sulfonamides is 1. The molecule has 0 bridgehead atoms. The van der Waals surface area contributed by atoms with Gasteiger partial charge < -0.3 is 14.5 Å². The van der Waals surface area contributed by atoms with E-state index < -0.39 is 10.0 Å². The van der Waals surface area contributed by atoms with Gasteiger partial charge in [-0.25, -0.2) is 13.4 Å². The average molecular weight is 491 g/mol. The third kappa shape index (κ3) is 4.23. The predicted molar refractivity (Wildman–Crippen MR) is 123 cm³/mol. The first-order valence-electron chi connectivity index (χ1n) is 9.57. The molecular formula is C21H23BrN4O3S. The quantitative estimate of drug-likeness (QED) is 0.589. The van der Waals surface area contributed by atoms with Crippen molar-refractivity contribution in [2.45, 2.75) is 4.90 Å². The molecule has 30 heavy (non-hydrogen) atoms. The molecule has 9 heteroatoms. The van der Waals surface area contributed by atoms with Crippen LogP contribution in [-0.4, -0.2) is 58.6 Å². The lowest BCUT2D eigenvalue weighted by molar-refractivity contribution is 0.312. The molecule has 1 saturated heterocycles. The molecule has 2 heterocycles. The van der Waals surface area contributed by atoms with Gasteiger partial charge in [0.2, 0.25) is 0 Å². The van der Waals surface area contributed by atoms with Crippen LogP contribution in [0.5, 0.6) is 5.75 Å². The summed E-state index contributed by atoms with van der Waals surface area (Å²) in [5.74, 6) is 1.34. The number of fused-ring (bicyclic) bond motifs is 1. The fourth-order valence-electron chi connectivity index (χ4n) is 3.55. The lowest BCUT2D eigenvalue weighted by atomic mass is 10.1. The number of methoxy groups -OCH3 is 1. The molecule has 0 aliphatic carbocycles. The number of halogens is 1. The Kier molecular flexibility index (Phi) is 5.86. The van der Waals surface area contributed by atoms with Crippen molar-refractivity contribution in [2.24, 2.45) is 0 Å². The van der Waals surface area contributed by atoms with E-state index in [-0.39, 0.29) is 16.5 Å². The summed E-state index contributed by atoms with van der Waals surface area (Å²) in [4.78, 5) is 9.23. The lowest BCUT2D eigenvalue weighted by Crippen LogP contribution is -2.45. The number of hydrogen-bond acceptors (Lipinski definition) is 6. The molecule has 0 amide bonds. The summed E-state index contributed by atoms with van der Waals surface area (Å²) in [6, 6.07) is 14.5. The highest BCUT2D eigenvalue weighted by atomic mass is 79.9. The van der Waals surface area contributed by atoms with E-state index in [1.807, 2.05) is 24.3 Å². The molecule has 3 aromatic rings. The van der Waals surface area contributed by atoms with E-state index in [0.717, 1.165) is 42.8 Å². The zero-order valence-corrected chi connectivity index (χ0v) is 19.2. The monoisotopic (exact) mass is 490 g/mol. The van der Waals surface area contributed by atoms with E-state index in [9.17, 15) is 8.42 Å². The molecule has 0 atom stereocenters. The second-order valence-corrected chi connectivity index (χ2v) is 9.81. The molecule has 0 radical (unpaired) electrons. The maximum Gasteiger partial charge on any atom is 0.266 e. The number of pyridine rings is 1. The van der Waals surface area contributed by atoms with Gasteiger partial charge in [0.05, 0.1) is 7.11 Å². The second-order valence-electron chi connectivity index (χ2n) is 7.24. The van der Waals surface area contributed by atoms with Crippen LogP contribution < -0.4 is 14.4 Å². The minimum atomic E-state index is -3.90. The summed E-state index contributed by atoms with van der Waals surface area (Å²) in [5.41, 5.74) is 0. The molecule has 7 nitrogen and oxygen atoms in total. The van der Waals surface area contributed by atoms with Crippen LogP contribution in [-0.2, 0) is 10.0 Å². The van der Waals surface area contributed by atoms with Crippen LogP contribution >= 0.6 is 15.9 Å². The molecule has 1 aliphatic heterocycles. The van der Waals surface area contributed by atoms with Crippen LogP contribution in [0.3, 0.4) is 0 Å². The first-order valence-corrected chi connectivity index (χ1v) is 11.8. The lowest BCUT2D eigenvalue weighted by Gasteiger charge is -2.34. The number of likely N-dealkylation sites (N-methyl/N-ethyl adjacent to an activating group) is 1. The van der Waals surface area contributed by atoms with Gasteiger partial charge in [-0.05, 0) is 36.7 Å². The highest BCUT2D eigenvalue weighted by Crippen LogP contribution is 2.32. The molecule has 1 aliphatic rings. The van der Waals surface area contributed by atoms with Gasteiger partial charge in [0.1, 0.15) is 22.3 Å². The summed E-state index contributed by atoms with van der Waals surface area (Å²) < 4.78 is 34.8. The standard InChI is InChI=1S/C21H23BrN4O3S/c1-25-9-11-26(12-10-25)21-17-6-4-3-5-15(17)13-20(23-21)24-30(27,28)19-14-16(22)7-8-18(19)29-2/h3-8,13-14H,9-12H2,1-2H3,(H,23,24). The van der Waals surface area contributed by atoms with Crippen molar-refractivity contribution in [3.05, 3.63) is 53.0 Å². The Morgan fingerprint density at radius 2 is 1.80 bits per heavy atom. The molecule has 0 spiro atoms. The largest absolute Gasteiger partial charge is 0.495 e. The number of rotatable bonds is 5. The van der Waals surface area contributed by atoms with E-state index in [2.05, 4.69) is 37.5 Å². The van der Waals surface area contributed by atoms with Gasteiger partial charge in [0.15, 0.2) is 0 Å². The van der Waals surface area contributed by atoms with Crippen molar-refractivity contribution in [1.82, 2.24) is 9.88 Å². The number of benzene rings is 2. The Morgan fingerprint density at radius 1 is 1.07 bits per heavy atom. The Morgan fingerprint density at radius 3 is 2.53 bits per heavy atom. The highest BCUT2D eigenvalue weighted by molar-refractivity contribution is 9.10. The summed E-state index contributed by atoms with van der Waals surface area (Å²) in [5, 5.41) is 1.94. The fraction of sp³-hybridized carbons (Fsp3) is 0.286. The van der Waals surface area contributed by atoms with Gasteiger partial charge in [-0.2, -0.15) is 0 Å². The molecule has 2 aromatic carbocycles. The SMILES string of the molecule is COc1ccc(Br)cc1S(=O)(=O)Nc1cc2ccccc2c(N2CCN(C)CC2)n1. The van der Waals surface area contributed by atoms with Crippen molar-refractivity contribution in [1.29, 1.82) is 0 Å².